The first kappa shape index (κ1) is 20.6. The Morgan fingerprint density at radius 1 is 1.03 bits per heavy atom. The first-order chi connectivity index (χ1) is 14.1. The van der Waals surface area contributed by atoms with E-state index in [2.05, 4.69) is 5.32 Å². The van der Waals surface area contributed by atoms with E-state index in [1.54, 1.807) is 12.0 Å². The van der Waals surface area contributed by atoms with Crippen LogP contribution in [0.3, 0.4) is 0 Å². The standard InChI is InChI=1S/C21H34N4O4/c1-29-12-11-24(19(26)15-3-4-15)17-13-18(25(14-17)20(27)16-5-6-16)21(28)23-9-2-7-22-8-10-23/h15-18,22H,2-14H2,1H3. The first-order valence-electron chi connectivity index (χ1n) is 11.2. The van der Waals surface area contributed by atoms with E-state index in [0.717, 1.165) is 51.7 Å². The molecule has 29 heavy (non-hydrogen) atoms. The van der Waals surface area contributed by atoms with E-state index in [9.17, 15) is 14.4 Å². The molecule has 2 heterocycles. The molecule has 0 aromatic carbocycles. The minimum Gasteiger partial charge on any atom is -0.383 e. The maximum absolute atomic E-state index is 13.4. The van der Waals surface area contributed by atoms with Crippen molar-refractivity contribution in [2.45, 2.75) is 50.6 Å². The molecule has 8 heteroatoms. The number of amides is 3. The highest BCUT2D eigenvalue weighted by Gasteiger charge is 2.48. The van der Waals surface area contributed by atoms with Gasteiger partial charge in [0.15, 0.2) is 0 Å². The van der Waals surface area contributed by atoms with E-state index in [1.165, 1.54) is 0 Å². The summed E-state index contributed by atoms with van der Waals surface area (Å²) in [5.74, 6) is 0.505. The molecule has 0 aromatic heterocycles. The van der Waals surface area contributed by atoms with Gasteiger partial charge in [-0.25, -0.2) is 0 Å². The highest BCUT2D eigenvalue weighted by molar-refractivity contribution is 5.90. The van der Waals surface area contributed by atoms with Crippen molar-refractivity contribution in [1.29, 1.82) is 0 Å². The second-order valence-electron chi connectivity index (χ2n) is 8.90. The van der Waals surface area contributed by atoms with Crippen LogP contribution >= 0.6 is 0 Å². The van der Waals surface area contributed by atoms with Gasteiger partial charge in [0.2, 0.25) is 17.7 Å². The van der Waals surface area contributed by atoms with Crippen LogP contribution < -0.4 is 5.32 Å². The van der Waals surface area contributed by atoms with Crippen LogP contribution in [0.5, 0.6) is 0 Å². The number of ether oxygens (including phenoxy) is 1. The largest absolute Gasteiger partial charge is 0.383 e. The Morgan fingerprint density at radius 3 is 2.48 bits per heavy atom. The molecule has 162 valence electrons. The lowest BCUT2D eigenvalue weighted by atomic mass is 10.1. The quantitative estimate of drug-likeness (QED) is 0.647. The Hall–Kier alpha value is -1.67. The number of carbonyl (C=O) groups excluding carboxylic acids is 3. The fourth-order valence-electron chi connectivity index (χ4n) is 4.59. The van der Waals surface area contributed by atoms with Crippen LogP contribution in [0.4, 0.5) is 0 Å². The number of hydrogen-bond acceptors (Lipinski definition) is 5. The van der Waals surface area contributed by atoms with E-state index in [4.69, 9.17) is 4.74 Å². The van der Waals surface area contributed by atoms with Gasteiger partial charge in [-0.2, -0.15) is 0 Å². The number of nitrogens with one attached hydrogen (secondary N) is 1. The number of likely N-dealkylation sites (tertiary alicyclic amines) is 1. The van der Waals surface area contributed by atoms with Crippen molar-refractivity contribution in [1.82, 2.24) is 20.0 Å². The number of carbonyl (C=O) groups is 3. The minimum atomic E-state index is -0.441. The molecule has 2 saturated carbocycles. The monoisotopic (exact) mass is 406 g/mol. The summed E-state index contributed by atoms with van der Waals surface area (Å²) in [7, 11) is 1.64. The van der Waals surface area contributed by atoms with Gasteiger partial charge < -0.3 is 24.8 Å². The molecule has 2 aliphatic carbocycles. The number of nitrogens with zero attached hydrogens (tertiary/aromatic N) is 3. The highest BCUT2D eigenvalue weighted by Crippen LogP contribution is 2.37. The lowest BCUT2D eigenvalue weighted by molar-refractivity contribution is -0.144. The van der Waals surface area contributed by atoms with Crippen LogP contribution in [-0.4, -0.2) is 97.5 Å². The summed E-state index contributed by atoms with van der Waals surface area (Å²) in [6.07, 6.45) is 5.21. The Kier molecular flexibility index (Phi) is 6.39. The first-order valence-corrected chi connectivity index (χ1v) is 11.2. The lowest BCUT2D eigenvalue weighted by Crippen LogP contribution is -2.49. The van der Waals surface area contributed by atoms with Crippen LogP contribution in [0.1, 0.15) is 38.5 Å². The molecule has 2 unspecified atom stereocenters. The molecular weight excluding hydrogens is 372 g/mol. The molecule has 0 radical (unpaired) electrons. The fourth-order valence-corrected chi connectivity index (χ4v) is 4.59. The molecule has 0 aromatic rings. The van der Waals surface area contributed by atoms with E-state index in [0.29, 0.717) is 32.7 Å². The number of methoxy groups -OCH3 is 1. The Morgan fingerprint density at radius 2 is 1.79 bits per heavy atom. The Balaban J connectivity index is 1.51. The molecular formula is C21H34N4O4. The molecule has 3 amide bonds. The second kappa shape index (κ2) is 9.00. The third-order valence-electron chi connectivity index (χ3n) is 6.61. The van der Waals surface area contributed by atoms with Crippen molar-refractivity contribution in [3.8, 4) is 0 Å². The highest BCUT2D eigenvalue weighted by atomic mass is 16.5. The van der Waals surface area contributed by atoms with E-state index in [1.807, 2.05) is 9.80 Å². The third-order valence-corrected chi connectivity index (χ3v) is 6.61. The molecule has 4 fully saturated rings. The molecule has 0 bridgehead atoms. The fraction of sp³-hybridized carbons (Fsp3) is 0.857. The predicted molar refractivity (Wildman–Crippen MR) is 107 cm³/mol. The zero-order valence-corrected chi connectivity index (χ0v) is 17.5. The van der Waals surface area contributed by atoms with Gasteiger partial charge in [-0.05, 0) is 45.1 Å². The van der Waals surface area contributed by atoms with Crippen LogP contribution in [0.25, 0.3) is 0 Å². The van der Waals surface area contributed by atoms with Crippen molar-refractivity contribution in [2.75, 3.05) is 53.0 Å². The summed E-state index contributed by atoms with van der Waals surface area (Å²) in [5, 5.41) is 3.33. The van der Waals surface area contributed by atoms with Gasteiger partial charge >= 0.3 is 0 Å². The lowest BCUT2D eigenvalue weighted by Gasteiger charge is -2.29. The summed E-state index contributed by atoms with van der Waals surface area (Å²) in [6.45, 7) is 4.59. The summed E-state index contributed by atoms with van der Waals surface area (Å²) in [4.78, 5) is 44.9. The molecule has 2 aliphatic heterocycles. The van der Waals surface area contributed by atoms with Crippen molar-refractivity contribution >= 4 is 17.7 Å². The smallest absolute Gasteiger partial charge is 0.245 e. The number of hydrogen-bond donors (Lipinski definition) is 1. The summed E-state index contributed by atoms with van der Waals surface area (Å²) in [5.41, 5.74) is 0. The predicted octanol–water partition coefficient (Wildman–Crippen LogP) is 0.0728. The molecule has 1 N–H and O–H groups in total. The average Bonchev–Trinajstić information content (AvgIpc) is 3.62. The molecule has 2 saturated heterocycles. The topological polar surface area (TPSA) is 82.2 Å². The van der Waals surface area contributed by atoms with E-state index >= 15 is 0 Å². The normalized spacial score (nSPS) is 27.6. The zero-order chi connectivity index (χ0) is 20.4. The van der Waals surface area contributed by atoms with Crippen molar-refractivity contribution in [3.63, 3.8) is 0 Å². The van der Waals surface area contributed by atoms with E-state index in [-0.39, 0.29) is 35.6 Å². The summed E-state index contributed by atoms with van der Waals surface area (Å²) < 4.78 is 5.23. The third kappa shape index (κ3) is 4.74. The summed E-state index contributed by atoms with van der Waals surface area (Å²) in [6, 6.07) is -0.539. The van der Waals surface area contributed by atoms with Gasteiger partial charge in [-0.3, -0.25) is 14.4 Å². The van der Waals surface area contributed by atoms with Gasteiger partial charge in [-0.1, -0.05) is 0 Å². The average molecular weight is 407 g/mol. The number of rotatable bonds is 7. The van der Waals surface area contributed by atoms with Crippen molar-refractivity contribution in [2.24, 2.45) is 11.8 Å². The SMILES string of the molecule is COCCN(C(=O)C1CC1)C1CC(C(=O)N2CCCNCC2)N(C(=O)C2CC2)C1. The van der Waals surface area contributed by atoms with Gasteiger partial charge in [0, 0.05) is 51.7 Å². The Bertz CT molecular complexity index is 626. The van der Waals surface area contributed by atoms with Crippen LogP contribution in [-0.2, 0) is 19.1 Å². The van der Waals surface area contributed by atoms with E-state index < -0.39 is 6.04 Å². The molecule has 4 rings (SSSR count). The van der Waals surface area contributed by atoms with Crippen LogP contribution in [0.15, 0.2) is 0 Å². The van der Waals surface area contributed by atoms with Gasteiger partial charge in [0.25, 0.3) is 0 Å². The van der Waals surface area contributed by atoms with Crippen LogP contribution in [0, 0.1) is 11.8 Å². The Labute approximate surface area is 172 Å². The molecule has 4 aliphatic rings. The summed E-state index contributed by atoms with van der Waals surface area (Å²) >= 11 is 0. The van der Waals surface area contributed by atoms with Gasteiger partial charge in [0.1, 0.15) is 6.04 Å². The van der Waals surface area contributed by atoms with Gasteiger partial charge in [-0.15, -0.1) is 0 Å². The van der Waals surface area contributed by atoms with Crippen LogP contribution in [0.2, 0.25) is 0 Å². The zero-order valence-electron chi connectivity index (χ0n) is 17.5. The minimum absolute atomic E-state index is 0.0516. The molecule has 2 atom stereocenters. The molecule has 8 nitrogen and oxygen atoms in total. The molecule has 0 spiro atoms. The van der Waals surface area contributed by atoms with Crippen molar-refractivity contribution in [3.05, 3.63) is 0 Å². The van der Waals surface area contributed by atoms with Crippen molar-refractivity contribution < 1.29 is 19.1 Å². The second-order valence-corrected chi connectivity index (χ2v) is 8.90. The maximum atomic E-state index is 13.4. The maximum Gasteiger partial charge on any atom is 0.245 e. The van der Waals surface area contributed by atoms with Gasteiger partial charge in [0.05, 0.1) is 12.6 Å².